The van der Waals surface area contributed by atoms with Crippen molar-refractivity contribution in [3.05, 3.63) is 0 Å². The number of piperidine rings is 1. The average molecular weight is 225 g/mol. The lowest BCUT2D eigenvalue weighted by atomic mass is 10.1. The predicted molar refractivity (Wildman–Crippen MR) is 64.4 cm³/mol. The van der Waals surface area contributed by atoms with Crippen LogP contribution < -0.4 is 16.0 Å². The quantitative estimate of drug-likeness (QED) is 0.616. The number of amides is 2. The van der Waals surface area contributed by atoms with Gasteiger partial charge in [0.25, 0.3) is 0 Å². The molecule has 3 N–H and O–H groups in total. The van der Waals surface area contributed by atoms with Gasteiger partial charge in [0, 0.05) is 18.6 Å². The van der Waals surface area contributed by atoms with E-state index in [-0.39, 0.29) is 11.6 Å². The highest BCUT2D eigenvalue weighted by atomic mass is 16.2. The van der Waals surface area contributed by atoms with E-state index in [2.05, 4.69) is 22.9 Å². The maximum atomic E-state index is 11.5. The van der Waals surface area contributed by atoms with Crippen LogP contribution in [0.5, 0.6) is 0 Å². The van der Waals surface area contributed by atoms with Gasteiger partial charge in [-0.05, 0) is 38.1 Å². The number of fused-ring (bicyclic) bond motifs is 1. The molecule has 0 spiro atoms. The zero-order chi connectivity index (χ0) is 11.4. The second-order valence-corrected chi connectivity index (χ2v) is 5.09. The highest BCUT2D eigenvalue weighted by molar-refractivity contribution is 5.73. The molecule has 0 aromatic carbocycles. The number of nitrogens with one attached hydrogen (secondary N) is 3. The summed E-state index contributed by atoms with van der Waals surface area (Å²) in [7, 11) is 0. The van der Waals surface area contributed by atoms with Crippen LogP contribution in [0.2, 0.25) is 0 Å². The molecular formula is C12H23N3O. The Bertz CT molecular complexity index is 257. The third-order valence-corrected chi connectivity index (χ3v) is 3.82. The van der Waals surface area contributed by atoms with Crippen LogP contribution in [0.3, 0.4) is 0 Å². The summed E-state index contributed by atoms with van der Waals surface area (Å²) in [6.07, 6.45) is 6.02. The predicted octanol–water partition coefficient (Wildman–Crippen LogP) is 1.23. The monoisotopic (exact) mass is 225 g/mol. The van der Waals surface area contributed by atoms with Crippen LogP contribution in [-0.2, 0) is 0 Å². The largest absolute Gasteiger partial charge is 0.338 e. The second-order valence-electron chi connectivity index (χ2n) is 5.09. The molecule has 2 unspecified atom stereocenters. The Labute approximate surface area is 97.6 Å². The van der Waals surface area contributed by atoms with E-state index in [1.165, 1.54) is 19.3 Å². The first-order valence-electron chi connectivity index (χ1n) is 6.53. The standard InChI is InChI=1S/C12H23N3O/c1-2-3-6-13-11(16)14-9-12-8-10(12)5-4-7-15-12/h10,15H,2-9H2,1H3,(H2,13,14,16). The van der Waals surface area contributed by atoms with Crippen molar-refractivity contribution < 1.29 is 4.79 Å². The Morgan fingerprint density at radius 1 is 1.50 bits per heavy atom. The van der Waals surface area contributed by atoms with Gasteiger partial charge in [0.2, 0.25) is 0 Å². The van der Waals surface area contributed by atoms with E-state index in [0.29, 0.717) is 0 Å². The van der Waals surface area contributed by atoms with Crippen molar-refractivity contribution in [1.82, 2.24) is 16.0 Å². The molecule has 1 aliphatic heterocycles. The molecule has 0 aromatic rings. The van der Waals surface area contributed by atoms with Gasteiger partial charge in [-0.15, -0.1) is 0 Å². The molecule has 2 rings (SSSR count). The van der Waals surface area contributed by atoms with Crippen molar-refractivity contribution >= 4 is 6.03 Å². The summed E-state index contributed by atoms with van der Waals surface area (Å²) in [5.41, 5.74) is 0.250. The van der Waals surface area contributed by atoms with Crippen LogP contribution in [0, 0.1) is 5.92 Å². The highest BCUT2D eigenvalue weighted by Crippen LogP contribution is 2.48. The maximum Gasteiger partial charge on any atom is 0.314 e. The van der Waals surface area contributed by atoms with Gasteiger partial charge in [0.15, 0.2) is 0 Å². The topological polar surface area (TPSA) is 53.2 Å². The summed E-state index contributed by atoms with van der Waals surface area (Å²) in [5, 5.41) is 9.41. The number of unbranched alkanes of at least 4 members (excludes halogenated alkanes) is 1. The summed E-state index contributed by atoms with van der Waals surface area (Å²) in [5.74, 6) is 0.803. The van der Waals surface area contributed by atoms with Crippen molar-refractivity contribution in [3.8, 4) is 0 Å². The van der Waals surface area contributed by atoms with Gasteiger partial charge < -0.3 is 16.0 Å². The van der Waals surface area contributed by atoms with Crippen molar-refractivity contribution in [2.24, 2.45) is 5.92 Å². The molecule has 1 saturated carbocycles. The Kier molecular flexibility index (Phi) is 3.69. The number of rotatable bonds is 5. The van der Waals surface area contributed by atoms with Gasteiger partial charge in [-0.1, -0.05) is 13.3 Å². The van der Waals surface area contributed by atoms with E-state index in [0.717, 1.165) is 38.4 Å². The lowest BCUT2D eigenvalue weighted by molar-refractivity contribution is 0.237. The highest BCUT2D eigenvalue weighted by Gasteiger charge is 2.54. The molecule has 2 amide bonds. The molecular weight excluding hydrogens is 202 g/mol. The molecule has 2 fully saturated rings. The Morgan fingerprint density at radius 3 is 3.12 bits per heavy atom. The van der Waals surface area contributed by atoms with Crippen LogP contribution in [-0.4, -0.2) is 31.2 Å². The first kappa shape index (κ1) is 11.7. The molecule has 2 aliphatic rings. The van der Waals surface area contributed by atoms with Crippen LogP contribution in [0.25, 0.3) is 0 Å². The van der Waals surface area contributed by atoms with Gasteiger partial charge in [-0.3, -0.25) is 0 Å². The number of hydrogen-bond donors (Lipinski definition) is 3. The van der Waals surface area contributed by atoms with Crippen molar-refractivity contribution in [1.29, 1.82) is 0 Å². The molecule has 0 bridgehead atoms. The fraction of sp³-hybridized carbons (Fsp3) is 0.917. The number of urea groups is 1. The normalized spacial score (nSPS) is 31.7. The Hall–Kier alpha value is -0.770. The van der Waals surface area contributed by atoms with Gasteiger partial charge in [-0.2, -0.15) is 0 Å². The van der Waals surface area contributed by atoms with Crippen molar-refractivity contribution in [3.63, 3.8) is 0 Å². The molecule has 4 nitrogen and oxygen atoms in total. The molecule has 0 radical (unpaired) electrons. The minimum absolute atomic E-state index is 0.0131. The maximum absolute atomic E-state index is 11.5. The number of carbonyl (C=O) groups excluding carboxylic acids is 1. The van der Waals surface area contributed by atoms with Crippen LogP contribution in [0.1, 0.15) is 39.0 Å². The first-order chi connectivity index (χ1) is 7.77. The Morgan fingerprint density at radius 2 is 2.38 bits per heavy atom. The van der Waals surface area contributed by atoms with E-state index in [1.807, 2.05) is 0 Å². The number of carbonyl (C=O) groups is 1. The van der Waals surface area contributed by atoms with Gasteiger partial charge in [0.1, 0.15) is 0 Å². The van der Waals surface area contributed by atoms with Crippen LogP contribution in [0.4, 0.5) is 4.79 Å². The molecule has 92 valence electrons. The van der Waals surface area contributed by atoms with E-state index in [4.69, 9.17) is 0 Å². The summed E-state index contributed by atoms with van der Waals surface area (Å²) in [4.78, 5) is 11.5. The van der Waals surface area contributed by atoms with E-state index >= 15 is 0 Å². The summed E-state index contributed by atoms with van der Waals surface area (Å²) in [6.45, 7) is 4.80. The molecule has 1 aliphatic carbocycles. The zero-order valence-electron chi connectivity index (χ0n) is 10.1. The molecule has 16 heavy (non-hydrogen) atoms. The molecule has 1 saturated heterocycles. The van der Waals surface area contributed by atoms with Gasteiger partial charge in [0.05, 0.1) is 0 Å². The van der Waals surface area contributed by atoms with E-state index in [9.17, 15) is 4.79 Å². The first-order valence-corrected chi connectivity index (χ1v) is 6.53. The molecule has 0 aromatic heterocycles. The second kappa shape index (κ2) is 5.04. The summed E-state index contributed by atoms with van der Waals surface area (Å²) < 4.78 is 0. The molecule has 4 heteroatoms. The summed E-state index contributed by atoms with van der Waals surface area (Å²) >= 11 is 0. The number of hydrogen-bond acceptors (Lipinski definition) is 2. The van der Waals surface area contributed by atoms with Gasteiger partial charge >= 0.3 is 6.03 Å². The third-order valence-electron chi connectivity index (χ3n) is 3.82. The van der Waals surface area contributed by atoms with Crippen molar-refractivity contribution in [2.45, 2.75) is 44.6 Å². The SMILES string of the molecule is CCCCNC(=O)NCC12CC1CCCN2. The Balaban J connectivity index is 1.62. The lowest BCUT2D eigenvalue weighted by Gasteiger charge is -2.24. The fourth-order valence-electron chi connectivity index (χ4n) is 2.62. The third kappa shape index (κ3) is 2.67. The zero-order valence-corrected chi connectivity index (χ0v) is 10.1. The minimum atomic E-state index is -0.0131. The fourth-order valence-corrected chi connectivity index (χ4v) is 2.62. The summed E-state index contributed by atoms with van der Waals surface area (Å²) in [6, 6.07) is -0.0131. The van der Waals surface area contributed by atoms with Crippen LogP contribution in [0.15, 0.2) is 0 Å². The van der Waals surface area contributed by atoms with Crippen molar-refractivity contribution in [2.75, 3.05) is 19.6 Å². The average Bonchev–Trinajstić information content (AvgIpc) is 3.02. The van der Waals surface area contributed by atoms with Crippen LogP contribution >= 0.6 is 0 Å². The van der Waals surface area contributed by atoms with E-state index in [1.54, 1.807) is 0 Å². The minimum Gasteiger partial charge on any atom is -0.338 e. The van der Waals surface area contributed by atoms with Gasteiger partial charge in [-0.25, -0.2) is 4.79 Å². The van der Waals surface area contributed by atoms with E-state index < -0.39 is 0 Å². The molecule has 1 heterocycles. The smallest absolute Gasteiger partial charge is 0.314 e. The molecule has 2 atom stereocenters. The lowest BCUT2D eigenvalue weighted by Crippen LogP contribution is -2.49.